The van der Waals surface area contributed by atoms with Gasteiger partial charge in [-0.1, -0.05) is 0 Å². The molecule has 0 radical (unpaired) electrons. The second kappa shape index (κ2) is 12.4. The van der Waals surface area contributed by atoms with E-state index in [1.54, 1.807) is 0 Å². The van der Waals surface area contributed by atoms with Gasteiger partial charge in [0.15, 0.2) is 0 Å². The van der Waals surface area contributed by atoms with Gasteiger partial charge in [0.2, 0.25) is 0 Å². The summed E-state index contributed by atoms with van der Waals surface area (Å²) in [5.41, 5.74) is 9.73. The molecule has 2 aliphatic carbocycles. The fraction of sp³-hybridized carbons (Fsp3) is 0.571. The molecular weight excluding hydrogens is 587 g/mol. The molecular formula is C28H39ClIN4O2-. The minimum atomic E-state index is -0.926. The Kier molecular flexibility index (Phi) is 9.52. The van der Waals surface area contributed by atoms with Crippen molar-refractivity contribution in [1.29, 1.82) is 0 Å². The zero-order chi connectivity index (χ0) is 25.8. The Hall–Kier alpha value is -1.42. The van der Waals surface area contributed by atoms with Crippen LogP contribution in [0.25, 0.3) is 0 Å². The first-order chi connectivity index (χ1) is 17.3. The number of hydrogen-bond acceptors (Lipinski definition) is 4. The Labute approximate surface area is 231 Å². The number of nitrogens with two attached hydrogens (primary N) is 1. The normalized spacial score (nSPS) is 23.5. The molecule has 3 aliphatic rings. The van der Waals surface area contributed by atoms with Crippen LogP contribution in [0.2, 0.25) is 0 Å². The van der Waals surface area contributed by atoms with Gasteiger partial charge in [-0.05, 0) is 0 Å². The van der Waals surface area contributed by atoms with Gasteiger partial charge in [0, 0.05) is 0 Å². The summed E-state index contributed by atoms with van der Waals surface area (Å²) in [6.45, 7) is 7.40. The third kappa shape index (κ3) is 6.52. The molecule has 36 heavy (non-hydrogen) atoms. The minimum absolute atomic E-state index is 0.0282. The maximum atomic E-state index is 13.5. The number of hydrogen-bond donors (Lipinski definition) is 2. The second-order valence-electron chi connectivity index (χ2n) is 10.5. The van der Waals surface area contributed by atoms with Gasteiger partial charge in [-0.2, -0.15) is 0 Å². The van der Waals surface area contributed by atoms with E-state index < -0.39 is 27.9 Å². The Balaban J connectivity index is 1.43. The van der Waals surface area contributed by atoms with Crippen molar-refractivity contribution in [2.24, 2.45) is 17.6 Å². The predicted molar refractivity (Wildman–Crippen MR) is 141 cm³/mol. The molecule has 3 atom stereocenters. The van der Waals surface area contributed by atoms with Crippen LogP contribution in [0.1, 0.15) is 73.4 Å². The summed E-state index contributed by atoms with van der Waals surface area (Å²) in [4.78, 5) is 26.8. The SMILES string of the molecule is CCC(CNCC(=O)N1[I-]N(C(=O)c2cc(C)cc(C)c2)[C@H]1C1=CCC(N)C(Cl)=C1)CC1CCCC1. The molecule has 6 nitrogen and oxygen atoms in total. The topological polar surface area (TPSA) is 78.7 Å². The van der Waals surface area contributed by atoms with Gasteiger partial charge in [-0.15, -0.1) is 0 Å². The van der Waals surface area contributed by atoms with E-state index in [0.29, 0.717) is 29.5 Å². The molecule has 3 N–H and O–H groups in total. The van der Waals surface area contributed by atoms with Crippen molar-refractivity contribution < 1.29 is 31.3 Å². The summed E-state index contributed by atoms with van der Waals surface area (Å²) >= 11 is 5.46. The number of rotatable bonds is 9. The van der Waals surface area contributed by atoms with Crippen LogP contribution in [0.5, 0.6) is 0 Å². The van der Waals surface area contributed by atoms with Crippen LogP contribution in [0, 0.1) is 25.7 Å². The van der Waals surface area contributed by atoms with Gasteiger partial charge in [-0.3, -0.25) is 0 Å². The van der Waals surface area contributed by atoms with Crippen molar-refractivity contribution in [1.82, 2.24) is 11.5 Å². The number of benzene rings is 1. The Morgan fingerprint density at radius 3 is 2.50 bits per heavy atom. The van der Waals surface area contributed by atoms with Crippen LogP contribution in [0.3, 0.4) is 0 Å². The van der Waals surface area contributed by atoms with Crippen LogP contribution in [0.4, 0.5) is 0 Å². The third-order valence-corrected chi connectivity index (χ3v) is 10.8. The van der Waals surface area contributed by atoms with Crippen molar-refractivity contribution in [3.8, 4) is 0 Å². The number of amides is 2. The number of carbonyl (C=O) groups excluding carboxylic acids is 2. The van der Waals surface area contributed by atoms with Crippen LogP contribution in [-0.2, 0) is 4.79 Å². The Morgan fingerprint density at radius 2 is 1.86 bits per heavy atom. The zero-order valence-electron chi connectivity index (χ0n) is 21.6. The molecule has 0 spiro atoms. The molecule has 1 saturated carbocycles. The van der Waals surface area contributed by atoms with Crippen molar-refractivity contribution in [2.75, 3.05) is 13.1 Å². The van der Waals surface area contributed by atoms with Crippen LogP contribution in [0.15, 0.2) is 41.0 Å². The summed E-state index contributed by atoms with van der Waals surface area (Å²) in [6.07, 6.45) is 11.9. The first-order valence-electron chi connectivity index (χ1n) is 13.2. The molecule has 1 heterocycles. The summed E-state index contributed by atoms with van der Waals surface area (Å²) in [7, 11) is 0. The monoisotopic (exact) mass is 625 g/mol. The fourth-order valence-electron chi connectivity index (χ4n) is 5.48. The molecule has 1 aliphatic heterocycles. The summed E-state index contributed by atoms with van der Waals surface area (Å²) in [5, 5.41) is 4.00. The van der Waals surface area contributed by atoms with Crippen LogP contribution >= 0.6 is 11.6 Å². The Morgan fingerprint density at radius 1 is 1.17 bits per heavy atom. The Bertz CT molecular complexity index is 1020. The molecule has 198 valence electrons. The quantitative estimate of drug-likeness (QED) is 0.324. The second-order valence-corrected chi connectivity index (χ2v) is 13.5. The van der Waals surface area contributed by atoms with E-state index >= 15 is 0 Å². The van der Waals surface area contributed by atoms with Crippen molar-refractivity contribution in [2.45, 2.75) is 77.9 Å². The van der Waals surface area contributed by atoms with E-state index in [1.807, 2.05) is 44.4 Å². The van der Waals surface area contributed by atoms with Crippen molar-refractivity contribution in [3.05, 3.63) is 57.6 Å². The average molecular weight is 626 g/mol. The van der Waals surface area contributed by atoms with E-state index in [0.717, 1.165) is 35.6 Å². The van der Waals surface area contributed by atoms with Gasteiger partial charge in [0.25, 0.3) is 0 Å². The van der Waals surface area contributed by atoms with Gasteiger partial charge < -0.3 is 0 Å². The molecule has 0 bridgehead atoms. The molecule has 2 unspecified atom stereocenters. The number of nitrogens with one attached hydrogen (secondary N) is 1. The third-order valence-electron chi connectivity index (χ3n) is 7.49. The van der Waals surface area contributed by atoms with E-state index in [4.69, 9.17) is 17.3 Å². The van der Waals surface area contributed by atoms with Crippen LogP contribution < -0.4 is 32.8 Å². The van der Waals surface area contributed by atoms with Crippen molar-refractivity contribution >= 4 is 23.4 Å². The molecule has 0 aromatic heterocycles. The van der Waals surface area contributed by atoms with Crippen molar-refractivity contribution in [3.63, 3.8) is 0 Å². The van der Waals surface area contributed by atoms with Gasteiger partial charge in [0.1, 0.15) is 0 Å². The van der Waals surface area contributed by atoms with E-state index in [2.05, 4.69) is 18.3 Å². The number of halogens is 2. The standard InChI is InChI=1S/C28H39ClIN4O2/c1-4-20(14-21-7-5-6-8-21)16-32-17-26(35)33-27(22-9-10-25(31)24(29)15-22)34(30-33)28(36)23-12-18(2)11-19(3)13-23/h9,11-13,15,20-21,25,27,32H,4-8,10,14,16-17,31H2,1-3H3/q-1/t20?,25?,27-/m0/s1. The van der Waals surface area contributed by atoms with Gasteiger partial charge in [0.05, 0.1) is 0 Å². The average Bonchev–Trinajstić information content (AvgIpc) is 3.32. The molecule has 1 aromatic carbocycles. The molecule has 2 amide bonds. The predicted octanol–water partition coefficient (Wildman–Crippen LogP) is 1.81. The van der Waals surface area contributed by atoms with Gasteiger partial charge >= 0.3 is 233 Å². The number of nitrogens with zero attached hydrogens (tertiary/aromatic N) is 2. The summed E-state index contributed by atoms with van der Waals surface area (Å²) in [6, 6.07) is 5.67. The first-order valence-corrected chi connectivity index (χ1v) is 15.5. The zero-order valence-corrected chi connectivity index (χ0v) is 24.5. The molecule has 2 fully saturated rings. The number of carbonyl (C=O) groups is 2. The molecule has 1 saturated heterocycles. The van der Waals surface area contributed by atoms with E-state index in [-0.39, 0.29) is 17.9 Å². The van der Waals surface area contributed by atoms with E-state index in [1.165, 1.54) is 32.1 Å². The number of aryl methyl sites for hydroxylation is 2. The van der Waals surface area contributed by atoms with Gasteiger partial charge in [-0.25, -0.2) is 0 Å². The van der Waals surface area contributed by atoms with Crippen LogP contribution in [-0.4, -0.2) is 43.3 Å². The fourth-order valence-corrected chi connectivity index (χ4v) is 8.33. The molecule has 1 aromatic rings. The summed E-state index contributed by atoms with van der Waals surface area (Å²) < 4.78 is 3.75. The summed E-state index contributed by atoms with van der Waals surface area (Å²) in [5.74, 6) is 1.48. The maximum absolute atomic E-state index is 13.5. The first kappa shape index (κ1) is 27.6. The molecule has 4 rings (SSSR count). The van der Waals surface area contributed by atoms with E-state index in [9.17, 15) is 9.59 Å². The molecule has 8 heteroatoms.